The van der Waals surface area contributed by atoms with Gasteiger partial charge in [0.1, 0.15) is 12.5 Å². The highest BCUT2D eigenvalue weighted by Gasteiger charge is 2.13. The first-order valence-corrected chi connectivity index (χ1v) is 3.24. The summed E-state index contributed by atoms with van der Waals surface area (Å²) < 4.78 is 0. The van der Waals surface area contributed by atoms with Crippen molar-refractivity contribution in [1.29, 1.82) is 5.41 Å². The maximum Gasteiger partial charge on any atom is 0.160 e. The molecule has 0 aromatic carbocycles. The molecule has 0 spiro atoms. The Morgan fingerprint density at radius 1 is 1.64 bits per heavy atom. The fraction of sp³-hybridized carbons (Fsp3) is 0.167. The molecule has 0 aromatic heterocycles. The highest BCUT2D eigenvalue weighted by atomic mass is 15.4. The number of hydrogen-bond donors (Lipinski definition) is 2. The van der Waals surface area contributed by atoms with Crippen molar-refractivity contribution in [3.05, 3.63) is 24.3 Å². The summed E-state index contributed by atoms with van der Waals surface area (Å²) in [7, 11) is 0. The van der Waals surface area contributed by atoms with E-state index in [4.69, 9.17) is 5.41 Å². The van der Waals surface area contributed by atoms with E-state index in [1.54, 1.807) is 12.3 Å². The van der Waals surface area contributed by atoms with Gasteiger partial charge in [0.25, 0.3) is 0 Å². The molecule has 0 saturated carbocycles. The van der Waals surface area contributed by atoms with Crippen LogP contribution in [0.25, 0.3) is 0 Å². The third-order valence-corrected chi connectivity index (χ3v) is 1.45. The van der Waals surface area contributed by atoms with Crippen LogP contribution in [0.4, 0.5) is 0 Å². The molecule has 0 unspecified atom stereocenters. The lowest BCUT2D eigenvalue weighted by Crippen LogP contribution is -2.11. The van der Waals surface area contributed by atoms with Crippen molar-refractivity contribution >= 4 is 5.84 Å². The molecule has 2 heterocycles. The molecule has 56 valence electrons. The fourth-order valence-corrected chi connectivity index (χ4v) is 0.925. The molecule has 0 aliphatic carbocycles. The molecule has 5 heteroatoms. The molecule has 0 aromatic rings. The minimum absolute atomic E-state index is 0.333. The van der Waals surface area contributed by atoms with Gasteiger partial charge in [-0.3, -0.25) is 5.41 Å². The summed E-state index contributed by atoms with van der Waals surface area (Å²) >= 11 is 0. The van der Waals surface area contributed by atoms with Gasteiger partial charge < -0.3 is 10.2 Å². The molecule has 0 amide bonds. The topological polar surface area (TPSA) is 63.8 Å². The quantitative estimate of drug-likeness (QED) is 0.529. The highest BCUT2D eigenvalue weighted by molar-refractivity contribution is 5.91. The molecule has 0 bridgehead atoms. The SMILES string of the molecule is N=C1C=C2N=NCN2C=CN1. The van der Waals surface area contributed by atoms with E-state index < -0.39 is 0 Å². The van der Waals surface area contributed by atoms with Crippen molar-refractivity contribution in [2.45, 2.75) is 0 Å². The first-order valence-electron chi connectivity index (χ1n) is 3.24. The molecule has 5 nitrogen and oxygen atoms in total. The average molecular weight is 149 g/mol. The van der Waals surface area contributed by atoms with Crippen LogP contribution in [0, 0.1) is 5.41 Å². The Bertz CT molecular complexity index is 275. The largest absolute Gasteiger partial charge is 0.346 e. The summed E-state index contributed by atoms with van der Waals surface area (Å²) in [6, 6.07) is 0. The predicted molar refractivity (Wildman–Crippen MR) is 39.6 cm³/mol. The molecule has 2 aliphatic rings. The van der Waals surface area contributed by atoms with E-state index >= 15 is 0 Å². The van der Waals surface area contributed by atoms with E-state index in [2.05, 4.69) is 15.5 Å². The fourth-order valence-electron chi connectivity index (χ4n) is 0.925. The van der Waals surface area contributed by atoms with Crippen LogP contribution in [0.15, 0.2) is 34.5 Å². The number of amidine groups is 1. The molecule has 0 saturated heterocycles. The van der Waals surface area contributed by atoms with Gasteiger partial charge in [0.2, 0.25) is 0 Å². The smallest absolute Gasteiger partial charge is 0.160 e. The zero-order chi connectivity index (χ0) is 7.68. The molecule has 2 N–H and O–H groups in total. The summed E-state index contributed by atoms with van der Waals surface area (Å²) in [5.74, 6) is 1.05. The molecular formula is C6H7N5. The van der Waals surface area contributed by atoms with Crippen LogP contribution >= 0.6 is 0 Å². The first kappa shape index (κ1) is 6.09. The lowest BCUT2D eigenvalue weighted by molar-refractivity contribution is 0.524. The lowest BCUT2D eigenvalue weighted by Gasteiger charge is -2.06. The Morgan fingerprint density at radius 2 is 2.55 bits per heavy atom. The normalized spacial score (nSPS) is 20.9. The van der Waals surface area contributed by atoms with E-state index in [1.807, 2.05) is 11.1 Å². The van der Waals surface area contributed by atoms with Crippen molar-refractivity contribution < 1.29 is 0 Å². The van der Waals surface area contributed by atoms with Gasteiger partial charge in [0.05, 0.1) is 0 Å². The van der Waals surface area contributed by atoms with Gasteiger partial charge in [-0.05, 0) is 0 Å². The molecule has 0 atom stereocenters. The molecule has 0 fully saturated rings. The number of fused-ring (bicyclic) bond motifs is 1. The highest BCUT2D eigenvalue weighted by Crippen LogP contribution is 2.15. The van der Waals surface area contributed by atoms with Crippen molar-refractivity contribution in [3.63, 3.8) is 0 Å². The Kier molecular flexibility index (Phi) is 1.21. The van der Waals surface area contributed by atoms with E-state index in [9.17, 15) is 0 Å². The summed E-state index contributed by atoms with van der Waals surface area (Å²) in [6.45, 7) is 0.553. The van der Waals surface area contributed by atoms with Crippen LogP contribution in [0.2, 0.25) is 0 Å². The Hall–Kier alpha value is -1.65. The Morgan fingerprint density at radius 3 is 3.45 bits per heavy atom. The second kappa shape index (κ2) is 2.19. The van der Waals surface area contributed by atoms with Gasteiger partial charge in [-0.25, -0.2) is 0 Å². The third kappa shape index (κ3) is 1.000. The van der Waals surface area contributed by atoms with E-state index in [0.29, 0.717) is 12.5 Å². The van der Waals surface area contributed by atoms with Crippen LogP contribution in [0.1, 0.15) is 0 Å². The molecule has 2 aliphatic heterocycles. The van der Waals surface area contributed by atoms with Crippen molar-refractivity contribution in [2.75, 3.05) is 6.67 Å². The minimum Gasteiger partial charge on any atom is -0.346 e. The monoisotopic (exact) mass is 149 g/mol. The van der Waals surface area contributed by atoms with Crippen LogP contribution < -0.4 is 5.32 Å². The van der Waals surface area contributed by atoms with Crippen molar-refractivity contribution in [3.8, 4) is 0 Å². The van der Waals surface area contributed by atoms with Gasteiger partial charge in [0.15, 0.2) is 5.82 Å². The van der Waals surface area contributed by atoms with Gasteiger partial charge in [0, 0.05) is 18.5 Å². The zero-order valence-corrected chi connectivity index (χ0v) is 5.78. The predicted octanol–water partition coefficient (Wildman–Crippen LogP) is 0.605. The van der Waals surface area contributed by atoms with Gasteiger partial charge in [-0.1, -0.05) is 0 Å². The summed E-state index contributed by atoms with van der Waals surface area (Å²) in [5.41, 5.74) is 0. The van der Waals surface area contributed by atoms with Crippen LogP contribution in [0.5, 0.6) is 0 Å². The van der Waals surface area contributed by atoms with Gasteiger partial charge >= 0.3 is 0 Å². The third-order valence-electron chi connectivity index (χ3n) is 1.45. The van der Waals surface area contributed by atoms with E-state index in [-0.39, 0.29) is 0 Å². The summed E-state index contributed by atoms with van der Waals surface area (Å²) in [4.78, 5) is 1.86. The van der Waals surface area contributed by atoms with Gasteiger partial charge in [-0.15, -0.1) is 5.11 Å². The molecule has 0 radical (unpaired) electrons. The second-order valence-corrected chi connectivity index (χ2v) is 2.23. The maximum absolute atomic E-state index is 7.31. The van der Waals surface area contributed by atoms with Crippen molar-refractivity contribution in [2.24, 2.45) is 10.2 Å². The standard InChI is InChI=1S/C6H7N5/c7-5-3-6-10-9-4-11(6)2-1-8-5/h1-3H,4H2,(H2,7,8). The van der Waals surface area contributed by atoms with E-state index in [1.165, 1.54) is 0 Å². The molecular weight excluding hydrogens is 142 g/mol. The van der Waals surface area contributed by atoms with Crippen LogP contribution in [0.3, 0.4) is 0 Å². The Labute approximate surface area is 63.6 Å². The number of nitrogens with zero attached hydrogens (tertiary/aromatic N) is 3. The summed E-state index contributed by atoms with van der Waals surface area (Å²) in [6.07, 6.45) is 5.14. The van der Waals surface area contributed by atoms with E-state index in [0.717, 1.165) is 5.82 Å². The number of azo groups is 1. The maximum atomic E-state index is 7.31. The average Bonchev–Trinajstić information content (AvgIpc) is 2.31. The number of hydrogen-bond acceptors (Lipinski definition) is 4. The van der Waals surface area contributed by atoms with Gasteiger partial charge in [-0.2, -0.15) is 5.11 Å². The minimum atomic E-state index is 0.333. The van der Waals surface area contributed by atoms with Crippen LogP contribution in [-0.2, 0) is 0 Å². The lowest BCUT2D eigenvalue weighted by atomic mass is 10.5. The number of nitrogens with one attached hydrogen (secondary N) is 2. The van der Waals surface area contributed by atoms with Crippen molar-refractivity contribution in [1.82, 2.24) is 10.2 Å². The number of rotatable bonds is 0. The molecule has 2 rings (SSSR count). The second-order valence-electron chi connectivity index (χ2n) is 2.23. The molecule has 11 heavy (non-hydrogen) atoms. The Balaban J connectivity index is 2.35. The zero-order valence-electron chi connectivity index (χ0n) is 5.78. The summed E-state index contributed by atoms with van der Waals surface area (Å²) in [5, 5.41) is 17.7. The first-order chi connectivity index (χ1) is 5.36. The van der Waals surface area contributed by atoms with Crippen LogP contribution in [-0.4, -0.2) is 17.4 Å².